The van der Waals surface area contributed by atoms with E-state index in [0.717, 1.165) is 50.4 Å². The Morgan fingerprint density at radius 2 is 1.25 bits per heavy atom. The third kappa shape index (κ3) is 4.68. The van der Waals surface area contributed by atoms with Crippen molar-refractivity contribution < 1.29 is 0 Å². The number of para-hydroxylation sites is 1. The molecular weight excluding hydrogens is 581 g/mol. The quantitative estimate of drug-likeness (QED) is 0.131. The number of pyridine rings is 1. The first-order chi connectivity index (χ1) is 23.5. The standard InChI is InChI=1S/C46H36N2/c1-5-14-31(6-2)32-23-27-34(28-24-32)48(43-22-13-20-41-44(43)39-18-9-11-19-40(39)46(41,3)4)35-29-25-33(26-30-35)45-38-17-8-7-15-36(38)37-16-10-12-21-42(37)47-45/h5-30H,1-2H2,3-4H3/b31-14+. The van der Waals surface area contributed by atoms with Gasteiger partial charge in [-0.3, -0.25) is 0 Å². The van der Waals surface area contributed by atoms with Crippen LogP contribution in [0.3, 0.4) is 0 Å². The molecule has 2 nitrogen and oxygen atoms in total. The second-order valence-corrected chi connectivity index (χ2v) is 12.9. The maximum absolute atomic E-state index is 5.17. The smallest absolute Gasteiger partial charge is 0.0788 e. The van der Waals surface area contributed by atoms with Gasteiger partial charge in [0, 0.05) is 38.7 Å². The average Bonchev–Trinajstić information content (AvgIpc) is 3.37. The summed E-state index contributed by atoms with van der Waals surface area (Å²) in [5.74, 6) is 0. The molecule has 48 heavy (non-hydrogen) atoms. The van der Waals surface area contributed by atoms with Crippen molar-refractivity contribution in [3.8, 4) is 22.4 Å². The van der Waals surface area contributed by atoms with Crippen molar-refractivity contribution in [3.05, 3.63) is 188 Å². The molecule has 0 radical (unpaired) electrons. The number of fused-ring (bicyclic) bond motifs is 6. The minimum Gasteiger partial charge on any atom is -0.310 e. The normalized spacial score (nSPS) is 13.2. The average molecular weight is 617 g/mol. The van der Waals surface area contributed by atoms with E-state index in [-0.39, 0.29) is 5.41 Å². The van der Waals surface area contributed by atoms with Crippen LogP contribution in [0.2, 0.25) is 0 Å². The molecule has 230 valence electrons. The van der Waals surface area contributed by atoms with Gasteiger partial charge in [-0.25, -0.2) is 4.98 Å². The molecule has 0 fully saturated rings. The van der Waals surface area contributed by atoms with Gasteiger partial charge in [-0.15, -0.1) is 0 Å². The third-order valence-corrected chi connectivity index (χ3v) is 9.81. The Morgan fingerprint density at radius 3 is 1.98 bits per heavy atom. The summed E-state index contributed by atoms with van der Waals surface area (Å²) in [6, 6.07) is 50.2. The Hall–Kier alpha value is -5.99. The molecule has 8 rings (SSSR count). The van der Waals surface area contributed by atoms with Crippen LogP contribution in [0.15, 0.2) is 171 Å². The highest BCUT2D eigenvalue weighted by atomic mass is 15.1. The molecule has 0 amide bonds. The van der Waals surface area contributed by atoms with E-state index in [0.29, 0.717) is 0 Å². The lowest BCUT2D eigenvalue weighted by atomic mass is 9.82. The first-order valence-corrected chi connectivity index (χ1v) is 16.5. The summed E-state index contributed by atoms with van der Waals surface area (Å²) >= 11 is 0. The molecule has 1 aliphatic rings. The van der Waals surface area contributed by atoms with Crippen LogP contribution in [-0.4, -0.2) is 4.98 Å². The molecule has 0 saturated heterocycles. The monoisotopic (exact) mass is 616 g/mol. The van der Waals surface area contributed by atoms with Gasteiger partial charge in [-0.2, -0.15) is 0 Å². The number of nitrogens with zero attached hydrogens (tertiary/aromatic N) is 2. The largest absolute Gasteiger partial charge is 0.310 e. The van der Waals surface area contributed by atoms with Crippen molar-refractivity contribution in [2.75, 3.05) is 4.90 Å². The lowest BCUT2D eigenvalue weighted by Gasteiger charge is -2.29. The number of hydrogen-bond donors (Lipinski definition) is 0. The Labute approximate surface area is 282 Å². The van der Waals surface area contributed by atoms with E-state index < -0.39 is 0 Å². The van der Waals surface area contributed by atoms with Gasteiger partial charge < -0.3 is 4.90 Å². The Kier molecular flexibility index (Phi) is 7.15. The second-order valence-electron chi connectivity index (χ2n) is 12.9. The van der Waals surface area contributed by atoms with Crippen LogP contribution in [0.25, 0.3) is 49.6 Å². The lowest BCUT2D eigenvalue weighted by Crippen LogP contribution is -2.16. The van der Waals surface area contributed by atoms with E-state index in [9.17, 15) is 0 Å². The molecule has 6 aromatic carbocycles. The molecule has 0 unspecified atom stereocenters. The summed E-state index contributed by atoms with van der Waals surface area (Å²) in [6.07, 6.45) is 5.67. The van der Waals surface area contributed by atoms with Gasteiger partial charge in [0.1, 0.15) is 0 Å². The summed E-state index contributed by atoms with van der Waals surface area (Å²) in [5, 5.41) is 3.54. The van der Waals surface area contributed by atoms with Crippen molar-refractivity contribution >= 4 is 44.3 Å². The highest BCUT2D eigenvalue weighted by molar-refractivity contribution is 6.11. The minimum atomic E-state index is -0.0987. The van der Waals surface area contributed by atoms with Gasteiger partial charge >= 0.3 is 0 Å². The molecule has 1 aromatic heterocycles. The number of benzene rings is 6. The fourth-order valence-corrected chi connectivity index (χ4v) is 7.45. The SMILES string of the molecule is C=C/C=C(\C=C)c1ccc(N(c2ccc(-c3nc4ccccc4c4ccccc34)cc2)c2cccc3c2-c2ccccc2C3(C)C)cc1. The predicted octanol–water partition coefficient (Wildman–Crippen LogP) is 12.6. The van der Waals surface area contributed by atoms with Crippen LogP contribution in [-0.2, 0) is 5.41 Å². The molecule has 2 heteroatoms. The van der Waals surface area contributed by atoms with E-state index in [1.54, 1.807) is 6.08 Å². The van der Waals surface area contributed by atoms with Crippen molar-refractivity contribution in [1.29, 1.82) is 0 Å². The van der Waals surface area contributed by atoms with Gasteiger partial charge in [0.25, 0.3) is 0 Å². The van der Waals surface area contributed by atoms with Gasteiger partial charge in [0.2, 0.25) is 0 Å². The summed E-state index contributed by atoms with van der Waals surface area (Å²) in [6.45, 7) is 12.6. The molecule has 0 spiro atoms. The van der Waals surface area contributed by atoms with Crippen molar-refractivity contribution in [2.45, 2.75) is 19.3 Å². The predicted molar refractivity (Wildman–Crippen MR) is 205 cm³/mol. The van der Waals surface area contributed by atoms with Gasteiger partial charge in [0.05, 0.1) is 16.9 Å². The van der Waals surface area contributed by atoms with Crippen molar-refractivity contribution in [1.82, 2.24) is 4.98 Å². The number of hydrogen-bond acceptors (Lipinski definition) is 2. The zero-order valence-electron chi connectivity index (χ0n) is 27.3. The zero-order chi connectivity index (χ0) is 32.8. The molecule has 0 saturated carbocycles. The molecular formula is C46H36N2. The van der Waals surface area contributed by atoms with Crippen LogP contribution in [0, 0.1) is 0 Å². The maximum atomic E-state index is 5.17. The fourth-order valence-electron chi connectivity index (χ4n) is 7.45. The lowest BCUT2D eigenvalue weighted by molar-refractivity contribution is 0.660. The first-order valence-electron chi connectivity index (χ1n) is 16.5. The maximum Gasteiger partial charge on any atom is 0.0788 e. The topological polar surface area (TPSA) is 16.1 Å². The molecule has 1 heterocycles. The van der Waals surface area contributed by atoms with E-state index in [1.165, 1.54) is 33.0 Å². The Morgan fingerprint density at radius 1 is 0.625 bits per heavy atom. The third-order valence-electron chi connectivity index (χ3n) is 9.81. The van der Waals surface area contributed by atoms with Gasteiger partial charge in [0.15, 0.2) is 0 Å². The van der Waals surface area contributed by atoms with Crippen LogP contribution >= 0.6 is 0 Å². The fraction of sp³-hybridized carbons (Fsp3) is 0.0652. The van der Waals surface area contributed by atoms with E-state index >= 15 is 0 Å². The second kappa shape index (κ2) is 11.7. The molecule has 0 bridgehead atoms. The number of allylic oxidation sites excluding steroid dienone is 4. The van der Waals surface area contributed by atoms with Crippen molar-refractivity contribution in [2.24, 2.45) is 0 Å². The molecule has 7 aromatic rings. The summed E-state index contributed by atoms with van der Waals surface area (Å²) in [5.41, 5.74) is 13.7. The van der Waals surface area contributed by atoms with E-state index in [2.05, 4.69) is 171 Å². The minimum absolute atomic E-state index is 0.0987. The molecule has 0 atom stereocenters. The summed E-state index contributed by atoms with van der Waals surface area (Å²) in [4.78, 5) is 7.56. The van der Waals surface area contributed by atoms with Crippen molar-refractivity contribution in [3.63, 3.8) is 0 Å². The Bertz CT molecular complexity index is 2390. The zero-order valence-corrected chi connectivity index (χ0v) is 27.3. The van der Waals surface area contributed by atoms with Crippen LogP contribution in [0.5, 0.6) is 0 Å². The van der Waals surface area contributed by atoms with E-state index in [4.69, 9.17) is 4.98 Å². The number of aromatic nitrogens is 1. The number of rotatable bonds is 7. The first kappa shape index (κ1) is 29.4. The highest BCUT2D eigenvalue weighted by Gasteiger charge is 2.37. The van der Waals surface area contributed by atoms with Crippen LogP contribution < -0.4 is 4.90 Å². The highest BCUT2D eigenvalue weighted by Crippen LogP contribution is 2.54. The van der Waals surface area contributed by atoms with Gasteiger partial charge in [-0.05, 0) is 69.6 Å². The van der Waals surface area contributed by atoms with Crippen LogP contribution in [0.1, 0.15) is 30.5 Å². The molecule has 1 aliphatic carbocycles. The van der Waals surface area contributed by atoms with Crippen LogP contribution in [0.4, 0.5) is 17.1 Å². The molecule has 0 aliphatic heterocycles. The number of anilines is 3. The van der Waals surface area contributed by atoms with Gasteiger partial charge in [-0.1, -0.05) is 148 Å². The summed E-state index contributed by atoms with van der Waals surface area (Å²) < 4.78 is 0. The molecule has 0 N–H and O–H groups in total. The Balaban J connectivity index is 1.31. The van der Waals surface area contributed by atoms with E-state index in [1.807, 2.05) is 12.2 Å². The summed E-state index contributed by atoms with van der Waals surface area (Å²) in [7, 11) is 0.